The summed E-state index contributed by atoms with van der Waals surface area (Å²) in [7, 11) is 1.60. The lowest BCUT2D eigenvalue weighted by molar-refractivity contribution is -0.136. The van der Waals surface area contributed by atoms with E-state index in [1.54, 1.807) is 37.6 Å². The first kappa shape index (κ1) is 19.4. The zero-order valence-electron chi connectivity index (χ0n) is 16.2. The van der Waals surface area contributed by atoms with E-state index in [2.05, 4.69) is 10.1 Å². The molecule has 1 amide bonds. The fourth-order valence-corrected chi connectivity index (χ4v) is 3.15. The lowest BCUT2D eigenvalue weighted by atomic mass is 10.0. The molecule has 3 aromatic rings. The Hall–Kier alpha value is -3.94. The fraction of sp³-hybridized carbons (Fsp3) is 0.182. The number of carbonyl (C=O) groups excluding carboxylic acids is 2. The van der Waals surface area contributed by atoms with E-state index in [0.29, 0.717) is 12.2 Å². The van der Waals surface area contributed by atoms with Gasteiger partial charge >= 0.3 is 5.97 Å². The second-order valence-corrected chi connectivity index (χ2v) is 6.54. The van der Waals surface area contributed by atoms with E-state index < -0.39 is 24.5 Å². The molecule has 0 saturated heterocycles. The number of hydrogen-bond donors (Lipinski definition) is 0. The van der Waals surface area contributed by atoms with Crippen LogP contribution in [0.1, 0.15) is 34.3 Å². The van der Waals surface area contributed by atoms with Crippen molar-refractivity contribution >= 4 is 17.6 Å². The zero-order chi connectivity index (χ0) is 20.9. The Bertz CT molecular complexity index is 1050. The monoisotopic (exact) mass is 405 g/mol. The Balaban J connectivity index is 1.51. The first-order chi connectivity index (χ1) is 14.7. The van der Waals surface area contributed by atoms with Crippen LogP contribution in [0, 0.1) is 0 Å². The van der Waals surface area contributed by atoms with Gasteiger partial charge in [0, 0.05) is 12.6 Å². The predicted molar refractivity (Wildman–Crippen MR) is 107 cm³/mol. The maximum atomic E-state index is 12.8. The largest absolute Gasteiger partial charge is 0.497 e. The third kappa shape index (κ3) is 4.07. The number of furan rings is 1. The first-order valence-electron chi connectivity index (χ1n) is 9.31. The van der Waals surface area contributed by atoms with E-state index in [0.717, 1.165) is 17.0 Å². The van der Waals surface area contributed by atoms with Crippen LogP contribution in [0.15, 0.2) is 76.6 Å². The number of benzene rings is 1. The van der Waals surface area contributed by atoms with Crippen LogP contribution < -0.4 is 4.74 Å². The van der Waals surface area contributed by atoms with Crippen LogP contribution in [0.3, 0.4) is 0 Å². The molecule has 0 aliphatic carbocycles. The van der Waals surface area contributed by atoms with E-state index in [1.165, 1.54) is 17.3 Å². The van der Waals surface area contributed by atoms with Gasteiger partial charge in [0.15, 0.2) is 6.61 Å². The van der Waals surface area contributed by atoms with Crippen LogP contribution >= 0.6 is 0 Å². The Morgan fingerprint density at radius 2 is 1.97 bits per heavy atom. The van der Waals surface area contributed by atoms with E-state index >= 15 is 0 Å². The van der Waals surface area contributed by atoms with Crippen LogP contribution in [0.4, 0.5) is 0 Å². The molecule has 0 bridgehead atoms. The number of amides is 1. The minimum absolute atomic E-state index is 0.136. The summed E-state index contributed by atoms with van der Waals surface area (Å²) in [5.41, 5.74) is 1.73. The van der Waals surface area contributed by atoms with Gasteiger partial charge in [0.25, 0.3) is 5.91 Å². The standard InChI is InChI=1S/C22H19N3O5/c1-28-16-9-7-15(8-10-16)18-13-19(20-6-4-12-29-20)25(24-18)21(26)14-30-22(27)17-5-2-3-11-23-17/h2-12,19H,13-14H2,1H3. The molecular formula is C22H19N3O5. The molecule has 1 aromatic carbocycles. The lowest BCUT2D eigenvalue weighted by Crippen LogP contribution is -2.31. The Labute approximate surface area is 172 Å². The number of pyridine rings is 1. The van der Waals surface area contributed by atoms with Gasteiger partial charge in [-0.3, -0.25) is 4.79 Å². The van der Waals surface area contributed by atoms with Crippen LogP contribution in [0.25, 0.3) is 0 Å². The Morgan fingerprint density at radius 3 is 2.63 bits per heavy atom. The van der Waals surface area contributed by atoms with Gasteiger partial charge in [-0.05, 0) is 54.1 Å². The van der Waals surface area contributed by atoms with Crippen molar-refractivity contribution in [1.29, 1.82) is 0 Å². The molecule has 30 heavy (non-hydrogen) atoms. The number of hydrazone groups is 1. The lowest BCUT2D eigenvalue weighted by Gasteiger charge is -2.19. The van der Waals surface area contributed by atoms with Gasteiger partial charge in [-0.15, -0.1) is 0 Å². The number of esters is 1. The molecule has 152 valence electrons. The van der Waals surface area contributed by atoms with E-state index in [4.69, 9.17) is 13.9 Å². The maximum Gasteiger partial charge on any atom is 0.357 e. The predicted octanol–water partition coefficient (Wildman–Crippen LogP) is 3.22. The third-order valence-corrected chi connectivity index (χ3v) is 4.66. The molecule has 3 heterocycles. The highest BCUT2D eigenvalue weighted by molar-refractivity contribution is 6.03. The van der Waals surface area contributed by atoms with Gasteiger partial charge in [-0.25, -0.2) is 14.8 Å². The summed E-state index contributed by atoms with van der Waals surface area (Å²) >= 11 is 0. The molecule has 8 nitrogen and oxygen atoms in total. The van der Waals surface area contributed by atoms with E-state index in [1.807, 2.05) is 24.3 Å². The van der Waals surface area contributed by atoms with Gasteiger partial charge in [-0.2, -0.15) is 5.10 Å². The highest BCUT2D eigenvalue weighted by atomic mass is 16.5. The van der Waals surface area contributed by atoms with E-state index in [-0.39, 0.29) is 5.69 Å². The minimum Gasteiger partial charge on any atom is -0.497 e. The molecule has 8 heteroatoms. The summed E-state index contributed by atoms with van der Waals surface area (Å²) in [5, 5.41) is 5.80. The van der Waals surface area contributed by atoms with Crippen molar-refractivity contribution in [3.05, 3.63) is 84.1 Å². The maximum absolute atomic E-state index is 12.8. The highest BCUT2D eigenvalue weighted by Gasteiger charge is 2.35. The number of methoxy groups -OCH3 is 1. The molecule has 0 saturated carbocycles. The quantitative estimate of drug-likeness (QED) is 0.585. The zero-order valence-corrected chi connectivity index (χ0v) is 16.2. The van der Waals surface area contributed by atoms with Crippen molar-refractivity contribution in [2.24, 2.45) is 5.10 Å². The highest BCUT2D eigenvalue weighted by Crippen LogP contribution is 2.33. The number of rotatable bonds is 6. The number of aromatic nitrogens is 1. The molecule has 1 atom stereocenters. The number of ether oxygens (including phenoxy) is 2. The molecule has 1 unspecified atom stereocenters. The first-order valence-corrected chi connectivity index (χ1v) is 9.31. The van der Waals surface area contributed by atoms with Crippen LogP contribution in [-0.2, 0) is 9.53 Å². The molecule has 1 aliphatic heterocycles. The molecular weight excluding hydrogens is 386 g/mol. The van der Waals surface area contributed by atoms with Crippen molar-refractivity contribution in [1.82, 2.24) is 9.99 Å². The summed E-state index contributed by atoms with van der Waals surface area (Å²) in [4.78, 5) is 28.8. The van der Waals surface area contributed by atoms with Gasteiger partial charge in [-0.1, -0.05) is 6.07 Å². The summed E-state index contributed by atoms with van der Waals surface area (Å²) in [6, 6.07) is 15.4. The van der Waals surface area contributed by atoms with Crippen LogP contribution in [0.2, 0.25) is 0 Å². The molecule has 2 aromatic heterocycles. The summed E-state index contributed by atoms with van der Waals surface area (Å²) in [5.74, 6) is 0.210. The van der Waals surface area contributed by atoms with Crippen LogP contribution in [0.5, 0.6) is 5.75 Å². The smallest absolute Gasteiger partial charge is 0.357 e. The average Bonchev–Trinajstić information content (AvgIpc) is 3.48. The molecule has 0 radical (unpaired) electrons. The second-order valence-electron chi connectivity index (χ2n) is 6.54. The number of nitrogens with zero attached hydrogens (tertiary/aromatic N) is 3. The molecule has 0 spiro atoms. The summed E-state index contributed by atoms with van der Waals surface area (Å²) < 4.78 is 15.8. The summed E-state index contributed by atoms with van der Waals surface area (Å²) in [6.45, 7) is -0.452. The van der Waals surface area contributed by atoms with Gasteiger partial charge in [0.1, 0.15) is 23.2 Å². The van der Waals surface area contributed by atoms with Gasteiger partial charge < -0.3 is 13.9 Å². The van der Waals surface area contributed by atoms with Crippen molar-refractivity contribution < 1.29 is 23.5 Å². The molecule has 4 rings (SSSR count). The average molecular weight is 405 g/mol. The third-order valence-electron chi connectivity index (χ3n) is 4.66. The van der Waals surface area contributed by atoms with E-state index in [9.17, 15) is 9.59 Å². The van der Waals surface area contributed by atoms with Crippen molar-refractivity contribution in [3.63, 3.8) is 0 Å². The van der Waals surface area contributed by atoms with Crippen molar-refractivity contribution in [2.45, 2.75) is 12.5 Å². The summed E-state index contributed by atoms with van der Waals surface area (Å²) in [6.07, 6.45) is 3.50. The number of carbonyl (C=O) groups is 2. The van der Waals surface area contributed by atoms with Crippen molar-refractivity contribution in [2.75, 3.05) is 13.7 Å². The molecule has 0 fully saturated rings. The molecule has 0 N–H and O–H groups in total. The van der Waals surface area contributed by atoms with Crippen LogP contribution in [-0.4, -0.2) is 41.3 Å². The topological polar surface area (TPSA) is 94.2 Å². The molecule has 1 aliphatic rings. The normalized spacial score (nSPS) is 15.6. The van der Waals surface area contributed by atoms with Crippen molar-refractivity contribution in [3.8, 4) is 5.75 Å². The minimum atomic E-state index is -0.669. The fourth-order valence-electron chi connectivity index (χ4n) is 3.15. The second kappa shape index (κ2) is 8.60. The Morgan fingerprint density at radius 1 is 1.13 bits per heavy atom. The SMILES string of the molecule is COc1ccc(C2=NN(C(=O)COC(=O)c3ccccn3)C(c3ccco3)C2)cc1. The van der Waals surface area contributed by atoms with Gasteiger partial charge in [0.2, 0.25) is 0 Å². The number of hydrogen-bond acceptors (Lipinski definition) is 7. The Kier molecular flexibility index (Phi) is 5.56. The van der Waals surface area contributed by atoms with Gasteiger partial charge in [0.05, 0.1) is 19.1 Å².